The van der Waals surface area contributed by atoms with Gasteiger partial charge < -0.3 is 11.1 Å². The predicted octanol–water partition coefficient (Wildman–Crippen LogP) is 6.68. The van der Waals surface area contributed by atoms with Gasteiger partial charge in [-0.25, -0.2) is 4.98 Å². The summed E-state index contributed by atoms with van der Waals surface area (Å²) in [7, 11) is 0. The van der Waals surface area contributed by atoms with E-state index in [-0.39, 0.29) is 11.4 Å². The molecular weight excluding hydrogens is 424 g/mol. The number of hydrogen-bond acceptors (Lipinski definition) is 4. The van der Waals surface area contributed by atoms with E-state index in [1.165, 1.54) is 5.56 Å². The van der Waals surface area contributed by atoms with Gasteiger partial charge in [-0.1, -0.05) is 73.1 Å². The second-order valence-corrected chi connectivity index (χ2v) is 9.04. The first kappa shape index (κ1) is 19.4. The second-order valence-electron chi connectivity index (χ2n) is 8.13. The molecule has 4 aromatic rings. The Balaban J connectivity index is 1.77. The third kappa shape index (κ3) is 4.25. The van der Waals surface area contributed by atoms with Gasteiger partial charge in [-0.15, -0.1) is 0 Å². The molecule has 29 heavy (non-hydrogen) atoms. The first-order valence-corrected chi connectivity index (χ1v) is 10.3. The van der Waals surface area contributed by atoms with E-state index in [9.17, 15) is 0 Å². The summed E-state index contributed by atoms with van der Waals surface area (Å²) >= 11 is 3.50. The molecule has 1 aromatic heterocycles. The Morgan fingerprint density at radius 2 is 1.59 bits per heavy atom. The van der Waals surface area contributed by atoms with Crippen LogP contribution in [0.4, 0.5) is 17.5 Å². The Morgan fingerprint density at radius 3 is 2.28 bits per heavy atom. The van der Waals surface area contributed by atoms with Crippen LogP contribution in [0.25, 0.3) is 22.0 Å². The molecule has 3 N–H and O–H groups in total. The third-order valence-corrected chi connectivity index (χ3v) is 5.38. The minimum atomic E-state index is 0.133. The van der Waals surface area contributed by atoms with E-state index in [0.29, 0.717) is 5.82 Å². The van der Waals surface area contributed by atoms with Gasteiger partial charge >= 0.3 is 0 Å². The number of aromatic nitrogens is 2. The van der Waals surface area contributed by atoms with Crippen molar-refractivity contribution in [3.8, 4) is 11.1 Å². The van der Waals surface area contributed by atoms with Crippen molar-refractivity contribution in [1.82, 2.24) is 9.97 Å². The quantitative estimate of drug-likeness (QED) is 0.368. The highest BCUT2D eigenvalue weighted by molar-refractivity contribution is 9.10. The highest BCUT2D eigenvalue weighted by Crippen LogP contribution is 2.31. The van der Waals surface area contributed by atoms with Gasteiger partial charge in [-0.3, -0.25) is 0 Å². The minimum absolute atomic E-state index is 0.133. The fraction of sp³-hybridized carbons (Fsp3) is 0.167. The number of nitrogen functional groups attached to an aromatic ring is 1. The molecule has 1 heterocycles. The first-order valence-electron chi connectivity index (χ1n) is 9.50. The van der Waals surface area contributed by atoms with Crippen LogP contribution in [-0.4, -0.2) is 9.97 Å². The first-order chi connectivity index (χ1) is 13.8. The lowest BCUT2D eigenvalue weighted by atomic mass is 9.86. The number of fused-ring (bicyclic) bond motifs is 1. The van der Waals surface area contributed by atoms with E-state index in [2.05, 4.69) is 88.4 Å². The molecule has 5 heteroatoms. The van der Waals surface area contributed by atoms with Gasteiger partial charge in [0.25, 0.3) is 0 Å². The summed E-state index contributed by atoms with van der Waals surface area (Å²) in [5.41, 5.74) is 11.4. The second kappa shape index (κ2) is 7.48. The summed E-state index contributed by atoms with van der Waals surface area (Å²) in [6.45, 7) is 6.67. The largest absolute Gasteiger partial charge is 0.368 e. The lowest BCUT2D eigenvalue weighted by Crippen LogP contribution is -2.10. The number of anilines is 3. The standard InChI is InChI=1S/C24H23BrN4/c1-24(2,3)17-10-7-15(8-11-17)16-9-12-21-20(13-16)22(29-23(26)28-21)27-19-6-4-5-18(25)14-19/h4-14H,1-3H3,(H3,26,27,28,29). The smallest absolute Gasteiger partial charge is 0.222 e. The molecule has 0 spiro atoms. The number of halogens is 1. The van der Waals surface area contributed by atoms with Gasteiger partial charge in [0, 0.05) is 15.5 Å². The van der Waals surface area contributed by atoms with Gasteiger partial charge in [-0.05, 0) is 52.4 Å². The highest BCUT2D eigenvalue weighted by Gasteiger charge is 2.14. The number of nitrogens with one attached hydrogen (secondary N) is 1. The van der Waals surface area contributed by atoms with E-state index >= 15 is 0 Å². The number of nitrogens with two attached hydrogens (primary N) is 1. The Kier molecular flexibility index (Phi) is 5.01. The van der Waals surface area contributed by atoms with E-state index in [4.69, 9.17) is 5.73 Å². The van der Waals surface area contributed by atoms with Gasteiger partial charge in [0.1, 0.15) is 5.82 Å². The van der Waals surface area contributed by atoms with E-state index in [1.54, 1.807) is 0 Å². The van der Waals surface area contributed by atoms with Crippen molar-refractivity contribution in [2.75, 3.05) is 11.1 Å². The van der Waals surface area contributed by atoms with Gasteiger partial charge in [-0.2, -0.15) is 4.98 Å². The Morgan fingerprint density at radius 1 is 0.862 bits per heavy atom. The topological polar surface area (TPSA) is 63.8 Å². The van der Waals surface area contributed by atoms with Crippen molar-refractivity contribution in [2.24, 2.45) is 0 Å². The Hall–Kier alpha value is -2.92. The maximum Gasteiger partial charge on any atom is 0.222 e. The van der Waals surface area contributed by atoms with Crippen LogP contribution in [-0.2, 0) is 5.41 Å². The fourth-order valence-corrected chi connectivity index (χ4v) is 3.69. The highest BCUT2D eigenvalue weighted by atomic mass is 79.9. The molecule has 0 saturated heterocycles. The average molecular weight is 447 g/mol. The van der Waals surface area contributed by atoms with Crippen molar-refractivity contribution in [2.45, 2.75) is 26.2 Å². The Labute approximate surface area is 179 Å². The van der Waals surface area contributed by atoms with Gasteiger partial charge in [0.15, 0.2) is 0 Å². The molecule has 146 valence electrons. The summed E-state index contributed by atoms with van der Waals surface area (Å²) in [6.07, 6.45) is 0. The lowest BCUT2D eigenvalue weighted by Gasteiger charge is -2.19. The zero-order valence-electron chi connectivity index (χ0n) is 16.7. The predicted molar refractivity (Wildman–Crippen MR) is 126 cm³/mol. The monoisotopic (exact) mass is 446 g/mol. The van der Waals surface area contributed by atoms with E-state index < -0.39 is 0 Å². The van der Waals surface area contributed by atoms with Crippen molar-refractivity contribution >= 4 is 44.3 Å². The number of rotatable bonds is 3. The maximum atomic E-state index is 5.94. The van der Waals surface area contributed by atoms with Gasteiger partial charge in [0.2, 0.25) is 5.95 Å². The van der Waals surface area contributed by atoms with E-state index in [0.717, 1.165) is 32.2 Å². The van der Waals surface area contributed by atoms with Crippen LogP contribution in [0.1, 0.15) is 26.3 Å². The normalized spacial score (nSPS) is 11.6. The molecule has 0 unspecified atom stereocenters. The average Bonchev–Trinajstić information content (AvgIpc) is 2.67. The lowest BCUT2D eigenvalue weighted by molar-refractivity contribution is 0.590. The van der Waals surface area contributed by atoms with Crippen LogP contribution in [0.5, 0.6) is 0 Å². The molecule has 0 radical (unpaired) electrons. The molecule has 0 aliphatic rings. The van der Waals surface area contributed by atoms with Crippen molar-refractivity contribution in [3.05, 3.63) is 76.8 Å². The van der Waals surface area contributed by atoms with Crippen molar-refractivity contribution in [3.63, 3.8) is 0 Å². The van der Waals surface area contributed by atoms with E-state index in [1.807, 2.05) is 30.3 Å². The van der Waals surface area contributed by atoms with Crippen LogP contribution < -0.4 is 11.1 Å². The molecule has 0 bridgehead atoms. The summed E-state index contributed by atoms with van der Waals surface area (Å²) in [4.78, 5) is 8.84. The van der Waals surface area contributed by atoms with Crippen LogP contribution in [0, 0.1) is 0 Å². The Bertz CT molecular complexity index is 1180. The van der Waals surface area contributed by atoms with Gasteiger partial charge in [0.05, 0.1) is 5.52 Å². The number of hydrogen-bond donors (Lipinski definition) is 2. The van der Waals surface area contributed by atoms with Crippen molar-refractivity contribution < 1.29 is 0 Å². The van der Waals surface area contributed by atoms with Crippen LogP contribution >= 0.6 is 15.9 Å². The fourth-order valence-electron chi connectivity index (χ4n) is 3.29. The molecule has 0 aliphatic carbocycles. The summed E-state index contributed by atoms with van der Waals surface area (Å²) in [5, 5.41) is 4.30. The summed E-state index contributed by atoms with van der Waals surface area (Å²) in [5.74, 6) is 0.941. The molecule has 0 saturated carbocycles. The number of nitrogens with zero attached hydrogens (tertiary/aromatic N) is 2. The minimum Gasteiger partial charge on any atom is -0.368 e. The van der Waals surface area contributed by atoms with Crippen molar-refractivity contribution in [1.29, 1.82) is 0 Å². The molecule has 0 fully saturated rings. The molecule has 0 amide bonds. The van der Waals surface area contributed by atoms with Crippen LogP contribution in [0.15, 0.2) is 71.2 Å². The maximum absolute atomic E-state index is 5.94. The number of benzene rings is 3. The molecule has 4 rings (SSSR count). The van der Waals surface area contributed by atoms with Crippen LogP contribution in [0.2, 0.25) is 0 Å². The summed E-state index contributed by atoms with van der Waals surface area (Å²) in [6, 6.07) is 22.8. The third-order valence-electron chi connectivity index (χ3n) is 4.88. The SMILES string of the molecule is CC(C)(C)c1ccc(-c2ccc3nc(N)nc(Nc4cccc(Br)c4)c3c2)cc1. The molecule has 0 aliphatic heterocycles. The zero-order valence-corrected chi connectivity index (χ0v) is 18.3. The molecule has 0 atom stereocenters. The molecule has 4 nitrogen and oxygen atoms in total. The zero-order chi connectivity index (χ0) is 20.6. The molecular formula is C24H23BrN4. The molecule has 3 aromatic carbocycles. The van der Waals surface area contributed by atoms with Crippen LogP contribution in [0.3, 0.4) is 0 Å². The summed E-state index contributed by atoms with van der Waals surface area (Å²) < 4.78 is 0.994.